The van der Waals surface area contributed by atoms with Gasteiger partial charge in [-0.15, -0.1) is 16.5 Å². The molecule has 0 bridgehead atoms. The Morgan fingerprint density at radius 3 is 2.75 bits per heavy atom. The van der Waals surface area contributed by atoms with E-state index in [-0.39, 0.29) is 12.4 Å². The van der Waals surface area contributed by atoms with Gasteiger partial charge < -0.3 is 5.32 Å². The minimum absolute atomic E-state index is 0.115. The second-order valence-electron chi connectivity index (χ2n) is 1.85. The molecule has 0 unspecified atom stereocenters. The number of thiol groups is 1. The van der Waals surface area contributed by atoms with Gasteiger partial charge in [-0.25, -0.2) is 4.79 Å². The summed E-state index contributed by atoms with van der Waals surface area (Å²) in [5, 5.41) is 5.65. The second-order valence-corrected chi connectivity index (χ2v) is 2.67. The summed E-state index contributed by atoms with van der Waals surface area (Å²) >= 11 is 9.19. The highest BCUT2D eigenvalue weighted by molar-refractivity contribution is 7.80. The molecule has 0 aliphatic rings. The summed E-state index contributed by atoms with van der Waals surface area (Å²) in [7, 11) is 0. The molecule has 5 nitrogen and oxygen atoms in total. The molecular weight excluding hydrogens is 202 g/mol. The summed E-state index contributed by atoms with van der Waals surface area (Å²) in [6, 6.07) is -0.542. The van der Waals surface area contributed by atoms with Crippen molar-refractivity contribution in [2.75, 3.05) is 24.7 Å². The van der Waals surface area contributed by atoms with Crippen LogP contribution in [0.25, 0.3) is 0 Å². The van der Waals surface area contributed by atoms with Gasteiger partial charge in [0.1, 0.15) is 0 Å². The number of amides is 2. The Morgan fingerprint density at radius 2 is 2.33 bits per heavy atom. The summed E-state index contributed by atoms with van der Waals surface area (Å²) < 4.78 is 0. The van der Waals surface area contributed by atoms with Crippen molar-refractivity contribution in [2.45, 2.75) is 0 Å². The summed E-state index contributed by atoms with van der Waals surface area (Å²) in [6.07, 6.45) is 0. The van der Waals surface area contributed by atoms with Crippen molar-refractivity contribution in [3.8, 4) is 0 Å². The maximum Gasteiger partial charge on any atom is 0.340 e. The van der Waals surface area contributed by atoms with Crippen LogP contribution in [0.2, 0.25) is 0 Å². The van der Waals surface area contributed by atoms with E-state index in [2.05, 4.69) is 23.2 Å². The van der Waals surface area contributed by atoms with Gasteiger partial charge in [0.2, 0.25) is 0 Å². The third-order valence-corrected chi connectivity index (χ3v) is 1.41. The van der Waals surface area contributed by atoms with Crippen molar-refractivity contribution >= 4 is 30.3 Å². The average molecular weight is 212 g/mol. The van der Waals surface area contributed by atoms with Crippen LogP contribution in [0, 0.1) is 4.91 Å². The molecule has 0 fully saturated rings. The molecule has 7 heteroatoms. The Kier molecular flexibility index (Phi) is 6.88. The molecule has 1 N–H and O–H groups in total. The molecule has 0 radical (unpaired) electrons. The van der Waals surface area contributed by atoms with Gasteiger partial charge in [0.05, 0.1) is 11.8 Å². The zero-order valence-electron chi connectivity index (χ0n) is 6.36. The van der Waals surface area contributed by atoms with Crippen LogP contribution in [0.4, 0.5) is 4.79 Å². The number of hydrogen-bond donors (Lipinski definition) is 2. The number of nitrogens with one attached hydrogen (secondary N) is 1. The molecule has 70 valence electrons. The van der Waals surface area contributed by atoms with Crippen LogP contribution in [0.5, 0.6) is 0 Å². The minimum Gasteiger partial charge on any atom is -0.336 e. The second kappa shape index (κ2) is 7.17. The third kappa shape index (κ3) is 4.40. The zero-order valence-corrected chi connectivity index (χ0v) is 8.01. The molecule has 0 aliphatic carbocycles. The van der Waals surface area contributed by atoms with E-state index in [1.165, 1.54) is 0 Å². The van der Waals surface area contributed by atoms with Crippen LogP contribution in [0.1, 0.15) is 0 Å². The van der Waals surface area contributed by atoms with Crippen molar-refractivity contribution in [2.24, 2.45) is 5.29 Å². The van der Waals surface area contributed by atoms with Gasteiger partial charge in [0.15, 0.2) is 0 Å². The summed E-state index contributed by atoms with van der Waals surface area (Å²) in [5.41, 5.74) is 0. The van der Waals surface area contributed by atoms with Crippen LogP contribution >= 0.6 is 24.2 Å². The molecule has 0 heterocycles. The normalized spacial score (nSPS) is 9.17. The Hall–Kier alpha value is -0.490. The first-order valence-corrected chi connectivity index (χ1v) is 4.48. The van der Waals surface area contributed by atoms with Crippen LogP contribution in [0.15, 0.2) is 5.29 Å². The Labute approximate surface area is 80.8 Å². The first kappa shape index (κ1) is 11.5. The molecule has 0 spiro atoms. The summed E-state index contributed by atoms with van der Waals surface area (Å²) in [4.78, 5) is 21.0. The first-order valence-electron chi connectivity index (χ1n) is 3.31. The van der Waals surface area contributed by atoms with Crippen LogP contribution < -0.4 is 5.32 Å². The zero-order chi connectivity index (χ0) is 9.40. The number of rotatable bonds is 5. The van der Waals surface area contributed by atoms with Crippen LogP contribution in [0.3, 0.4) is 0 Å². The van der Waals surface area contributed by atoms with Gasteiger partial charge >= 0.3 is 6.03 Å². The molecule has 0 aliphatic heterocycles. The van der Waals surface area contributed by atoms with E-state index in [1.54, 1.807) is 0 Å². The largest absolute Gasteiger partial charge is 0.340 e. The van der Waals surface area contributed by atoms with Gasteiger partial charge in [-0.2, -0.15) is 17.6 Å². The van der Waals surface area contributed by atoms with Crippen molar-refractivity contribution in [3.63, 3.8) is 0 Å². The van der Waals surface area contributed by atoms with Crippen LogP contribution in [-0.4, -0.2) is 35.8 Å². The molecule has 0 aromatic rings. The molecule has 0 saturated heterocycles. The number of nitroso groups, excluding NO2 is 1. The van der Waals surface area contributed by atoms with Crippen molar-refractivity contribution in [3.05, 3.63) is 4.91 Å². The van der Waals surface area contributed by atoms with E-state index < -0.39 is 6.03 Å². The molecule has 0 rings (SSSR count). The third-order valence-electron chi connectivity index (χ3n) is 1.02. The van der Waals surface area contributed by atoms with Gasteiger partial charge in [0, 0.05) is 18.2 Å². The lowest BCUT2D eigenvalue weighted by molar-refractivity contribution is 0.203. The lowest BCUT2D eigenvalue weighted by Gasteiger charge is -2.11. The standard InChI is InChI=1S/C5H10ClN3O2S/c6-1-3-9(8-11)5(10)7-2-4-12/h12H,1-4H2,(H,7,10). The van der Waals surface area contributed by atoms with Gasteiger partial charge in [0.25, 0.3) is 0 Å². The number of carbonyl (C=O) groups is 1. The molecule has 0 aromatic carbocycles. The van der Waals surface area contributed by atoms with Gasteiger partial charge in [-0.3, -0.25) is 0 Å². The number of hydrogen-bond acceptors (Lipinski definition) is 4. The average Bonchev–Trinajstić information content (AvgIpc) is 2.10. The predicted octanol–water partition coefficient (Wildman–Crippen LogP) is 0.848. The fourth-order valence-electron chi connectivity index (χ4n) is 0.514. The van der Waals surface area contributed by atoms with Gasteiger partial charge in [-0.05, 0) is 0 Å². The Bertz CT molecular complexity index is 158. The fraction of sp³-hybridized carbons (Fsp3) is 0.800. The fourth-order valence-corrected chi connectivity index (χ4v) is 0.786. The molecule has 2 amide bonds. The predicted molar refractivity (Wildman–Crippen MR) is 50.5 cm³/mol. The lowest BCUT2D eigenvalue weighted by atomic mass is 10.6. The maximum atomic E-state index is 11.0. The first-order chi connectivity index (χ1) is 5.76. The Morgan fingerprint density at radius 1 is 1.67 bits per heavy atom. The maximum absolute atomic E-state index is 11.0. The molecule has 0 aromatic heterocycles. The lowest BCUT2D eigenvalue weighted by Crippen LogP contribution is -2.38. The van der Waals surface area contributed by atoms with E-state index in [4.69, 9.17) is 11.6 Å². The minimum atomic E-state index is -0.542. The topological polar surface area (TPSA) is 61.8 Å². The number of urea groups is 1. The molecule has 0 atom stereocenters. The smallest absolute Gasteiger partial charge is 0.336 e. The summed E-state index contributed by atoms with van der Waals surface area (Å²) in [5.74, 6) is 0.694. The quantitative estimate of drug-likeness (QED) is 0.307. The molecule has 0 saturated carbocycles. The number of carbonyl (C=O) groups excluding carboxylic acids is 1. The van der Waals surface area contributed by atoms with Crippen LogP contribution in [-0.2, 0) is 0 Å². The Balaban J connectivity index is 3.77. The van der Waals surface area contributed by atoms with Crippen molar-refractivity contribution in [1.29, 1.82) is 0 Å². The SMILES string of the molecule is O=NN(CCCl)C(=O)NCCS. The highest BCUT2D eigenvalue weighted by Crippen LogP contribution is 1.91. The van der Waals surface area contributed by atoms with Gasteiger partial charge in [-0.1, -0.05) is 0 Å². The number of nitrogens with zero attached hydrogens (tertiary/aromatic N) is 2. The summed E-state index contributed by atoms with van der Waals surface area (Å²) in [6.45, 7) is 0.514. The number of alkyl halides is 1. The highest BCUT2D eigenvalue weighted by Gasteiger charge is 2.11. The van der Waals surface area contributed by atoms with E-state index in [9.17, 15) is 9.70 Å². The van der Waals surface area contributed by atoms with E-state index in [0.29, 0.717) is 12.3 Å². The van der Waals surface area contributed by atoms with Crippen molar-refractivity contribution < 1.29 is 4.79 Å². The van der Waals surface area contributed by atoms with E-state index in [0.717, 1.165) is 5.01 Å². The number of halogens is 1. The monoisotopic (exact) mass is 211 g/mol. The van der Waals surface area contributed by atoms with E-state index in [1.807, 2.05) is 0 Å². The van der Waals surface area contributed by atoms with E-state index >= 15 is 0 Å². The van der Waals surface area contributed by atoms with Crippen molar-refractivity contribution in [1.82, 2.24) is 10.3 Å². The molecule has 12 heavy (non-hydrogen) atoms. The highest BCUT2D eigenvalue weighted by atomic mass is 35.5. The molecular formula is C5H10ClN3O2S.